The van der Waals surface area contributed by atoms with Crippen molar-refractivity contribution < 1.29 is 19.1 Å². The van der Waals surface area contributed by atoms with Crippen LogP contribution in [-0.2, 0) is 9.59 Å². The van der Waals surface area contributed by atoms with Crippen molar-refractivity contribution in [1.29, 1.82) is 0 Å². The zero-order valence-corrected chi connectivity index (χ0v) is 29.4. The summed E-state index contributed by atoms with van der Waals surface area (Å²) in [6.07, 6.45) is 1.66. The summed E-state index contributed by atoms with van der Waals surface area (Å²) in [5.41, 5.74) is 4.72. The highest BCUT2D eigenvalue weighted by atomic mass is 32.2. The second-order valence-electron chi connectivity index (χ2n) is 11.4. The quantitative estimate of drug-likeness (QED) is 0.0842. The monoisotopic (exact) mass is 690 g/mol. The Hall–Kier alpha value is -5.19. The molecule has 0 saturated carbocycles. The zero-order valence-electron chi connectivity index (χ0n) is 27.7. The normalized spacial score (nSPS) is 11.9. The maximum absolute atomic E-state index is 13.6. The molecule has 0 aliphatic heterocycles. The largest absolute Gasteiger partial charge is 0.494 e. The number of carbonyl (C=O) groups is 3. The Balaban J connectivity index is 1.24. The van der Waals surface area contributed by atoms with Crippen LogP contribution in [0.4, 0.5) is 10.8 Å². The molecular weight excluding hydrogens is 653 g/mol. The third-order valence-corrected chi connectivity index (χ3v) is 9.26. The highest BCUT2D eigenvalue weighted by Crippen LogP contribution is 2.29. The van der Waals surface area contributed by atoms with Crippen molar-refractivity contribution in [2.24, 2.45) is 0 Å². The van der Waals surface area contributed by atoms with Gasteiger partial charge in [-0.25, -0.2) is 4.98 Å². The maximum atomic E-state index is 13.6. The molecule has 10 heteroatoms. The van der Waals surface area contributed by atoms with Crippen LogP contribution in [0.1, 0.15) is 55.1 Å². The van der Waals surface area contributed by atoms with E-state index >= 15 is 0 Å². The van der Waals surface area contributed by atoms with Gasteiger partial charge in [-0.2, -0.15) is 0 Å². The minimum Gasteiger partial charge on any atom is -0.494 e. The number of benzene rings is 4. The van der Waals surface area contributed by atoms with Crippen molar-refractivity contribution in [1.82, 2.24) is 10.3 Å². The Bertz CT molecular complexity index is 1920. The van der Waals surface area contributed by atoms with Crippen LogP contribution in [0.15, 0.2) is 119 Å². The van der Waals surface area contributed by atoms with Gasteiger partial charge in [0.15, 0.2) is 5.13 Å². The van der Waals surface area contributed by atoms with E-state index in [1.165, 1.54) is 28.7 Å². The van der Waals surface area contributed by atoms with Crippen LogP contribution >= 0.6 is 23.1 Å². The highest BCUT2D eigenvalue weighted by molar-refractivity contribution is 8.00. The lowest BCUT2D eigenvalue weighted by atomic mass is 10.0. The average molecular weight is 691 g/mol. The van der Waals surface area contributed by atoms with Gasteiger partial charge >= 0.3 is 0 Å². The number of thioether (sulfide) groups is 1. The average Bonchev–Trinajstić information content (AvgIpc) is 3.57. The Labute approximate surface area is 295 Å². The summed E-state index contributed by atoms with van der Waals surface area (Å²) in [4.78, 5) is 45.1. The van der Waals surface area contributed by atoms with Crippen molar-refractivity contribution in [3.63, 3.8) is 0 Å². The summed E-state index contributed by atoms with van der Waals surface area (Å²) in [5.74, 6) is 0.106. The Morgan fingerprint density at radius 3 is 2.31 bits per heavy atom. The van der Waals surface area contributed by atoms with E-state index in [0.29, 0.717) is 28.9 Å². The Kier molecular flexibility index (Phi) is 12.0. The second kappa shape index (κ2) is 16.8. The SMILES string of the molecule is CCOc1ccc(-c2csc(NC(=O)C(C)Sc3cccc(NC(=O)/C(=C\c4ccc(C(C)C)cc4)NC(=O)c4ccccc4)c3)n2)cc1. The minimum absolute atomic E-state index is 0.102. The van der Waals surface area contributed by atoms with Crippen LogP contribution in [-0.4, -0.2) is 34.6 Å². The molecule has 1 aromatic heterocycles. The van der Waals surface area contributed by atoms with Gasteiger partial charge in [-0.3, -0.25) is 14.4 Å². The summed E-state index contributed by atoms with van der Waals surface area (Å²) < 4.78 is 5.51. The number of hydrogen-bond donors (Lipinski definition) is 3. The molecule has 8 nitrogen and oxygen atoms in total. The van der Waals surface area contributed by atoms with Gasteiger partial charge < -0.3 is 20.7 Å². The molecule has 0 saturated heterocycles. The molecular formula is C39H38N4O4S2. The molecule has 250 valence electrons. The number of amides is 3. The molecule has 1 unspecified atom stereocenters. The second-order valence-corrected chi connectivity index (χ2v) is 13.7. The number of nitrogens with zero attached hydrogens (tertiary/aromatic N) is 1. The summed E-state index contributed by atoms with van der Waals surface area (Å²) in [6, 6.07) is 31.5. The smallest absolute Gasteiger partial charge is 0.272 e. The van der Waals surface area contributed by atoms with Gasteiger partial charge in [0, 0.05) is 27.1 Å². The molecule has 0 aliphatic rings. The van der Waals surface area contributed by atoms with Crippen LogP contribution in [0.5, 0.6) is 5.75 Å². The first-order valence-corrected chi connectivity index (χ1v) is 17.7. The predicted octanol–water partition coefficient (Wildman–Crippen LogP) is 8.86. The molecule has 3 N–H and O–H groups in total. The fraction of sp³-hybridized carbons (Fsp3) is 0.179. The van der Waals surface area contributed by atoms with Crippen LogP contribution < -0.4 is 20.7 Å². The molecule has 1 heterocycles. The molecule has 4 aromatic carbocycles. The van der Waals surface area contributed by atoms with E-state index in [2.05, 4.69) is 34.8 Å². The van der Waals surface area contributed by atoms with E-state index in [4.69, 9.17) is 4.74 Å². The fourth-order valence-electron chi connectivity index (χ4n) is 4.75. The number of anilines is 2. The van der Waals surface area contributed by atoms with Gasteiger partial charge in [-0.1, -0.05) is 62.4 Å². The first kappa shape index (κ1) is 35.1. The van der Waals surface area contributed by atoms with E-state index < -0.39 is 17.1 Å². The minimum atomic E-state index is -0.475. The third kappa shape index (κ3) is 9.91. The van der Waals surface area contributed by atoms with E-state index in [9.17, 15) is 14.4 Å². The molecule has 0 bridgehead atoms. The predicted molar refractivity (Wildman–Crippen MR) is 200 cm³/mol. The van der Waals surface area contributed by atoms with Gasteiger partial charge in [-0.15, -0.1) is 23.1 Å². The molecule has 1 atom stereocenters. The van der Waals surface area contributed by atoms with Crippen LogP contribution in [0.3, 0.4) is 0 Å². The van der Waals surface area contributed by atoms with Crippen molar-refractivity contribution in [2.45, 2.75) is 43.8 Å². The van der Waals surface area contributed by atoms with Crippen molar-refractivity contribution >= 4 is 57.7 Å². The van der Waals surface area contributed by atoms with Gasteiger partial charge in [-0.05, 0) is 91.6 Å². The number of thiazole rings is 1. The van der Waals surface area contributed by atoms with Gasteiger partial charge in [0.2, 0.25) is 5.91 Å². The molecule has 0 spiro atoms. The lowest BCUT2D eigenvalue weighted by Crippen LogP contribution is -2.30. The van der Waals surface area contributed by atoms with Crippen molar-refractivity contribution in [3.05, 3.63) is 131 Å². The van der Waals surface area contributed by atoms with E-state index in [1.807, 2.05) is 86.0 Å². The van der Waals surface area contributed by atoms with Crippen molar-refractivity contribution in [2.75, 3.05) is 17.2 Å². The molecule has 0 radical (unpaired) electrons. The lowest BCUT2D eigenvalue weighted by molar-refractivity contribution is -0.115. The number of nitrogens with one attached hydrogen (secondary N) is 3. The molecule has 0 fully saturated rings. The third-order valence-electron chi connectivity index (χ3n) is 7.41. The van der Waals surface area contributed by atoms with Gasteiger partial charge in [0.1, 0.15) is 11.4 Å². The van der Waals surface area contributed by atoms with Crippen molar-refractivity contribution in [3.8, 4) is 17.0 Å². The summed E-state index contributed by atoms with van der Waals surface area (Å²) in [5, 5.41) is 10.6. The Morgan fingerprint density at radius 2 is 1.61 bits per heavy atom. The summed E-state index contributed by atoms with van der Waals surface area (Å²) in [6.45, 7) is 8.59. The Morgan fingerprint density at radius 1 is 0.878 bits per heavy atom. The van der Waals surface area contributed by atoms with Crippen LogP contribution in [0.25, 0.3) is 17.3 Å². The molecule has 5 aromatic rings. The van der Waals surface area contributed by atoms with Gasteiger partial charge in [0.05, 0.1) is 17.6 Å². The highest BCUT2D eigenvalue weighted by Gasteiger charge is 2.19. The van der Waals surface area contributed by atoms with Crippen LogP contribution in [0.2, 0.25) is 0 Å². The number of hydrogen-bond acceptors (Lipinski definition) is 7. The lowest BCUT2D eigenvalue weighted by Gasteiger charge is -2.14. The van der Waals surface area contributed by atoms with Crippen LogP contribution in [0, 0.1) is 0 Å². The summed E-state index contributed by atoms with van der Waals surface area (Å²) >= 11 is 2.72. The first-order chi connectivity index (χ1) is 23.7. The molecule has 0 aliphatic carbocycles. The van der Waals surface area contributed by atoms with Gasteiger partial charge in [0.25, 0.3) is 11.8 Å². The standard InChI is InChI=1S/C39H38N4O4S2/c1-5-47-32-20-18-29(19-21-32)35-24-48-39(42-35)43-36(44)26(4)49-33-13-9-12-31(23-33)40-38(46)34(41-37(45)30-10-7-6-8-11-30)22-27-14-16-28(17-15-27)25(2)3/h6-26H,5H2,1-4H3,(H,40,46)(H,41,45)(H,42,43,44)/b34-22+. The fourth-order valence-corrected chi connectivity index (χ4v) is 6.40. The number of carbonyl (C=O) groups excluding carboxylic acids is 3. The number of ether oxygens (including phenoxy) is 1. The number of rotatable bonds is 13. The topological polar surface area (TPSA) is 109 Å². The summed E-state index contributed by atoms with van der Waals surface area (Å²) in [7, 11) is 0. The van der Waals surface area contributed by atoms with E-state index in [0.717, 1.165) is 27.5 Å². The molecule has 3 amide bonds. The molecule has 5 rings (SSSR count). The van der Waals surface area contributed by atoms with E-state index in [-0.39, 0.29) is 11.6 Å². The zero-order chi connectivity index (χ0) is 34.8. The maximum Gasteiger partial charge on any atom is 0.272 e. The first-order valence-electron chi connectivity index (χ1n) is 15.9. The molecule has 49 heavy (non-hydrogen) atoms. The number of aromatic nitrogens is 1. The van der Waals surface area contributed by atoms with E-state index in [1.54, 1.807) is 42.5 Å².